The summed E-state index contributed by atoms with van der Waals surface area (Å²) >= 11 is 7.17. The number of nitrogens with one attached hydrogen (secondary N) is 2. The Morgan fingerprint density at radius 2 is 2.11 bits per heavy atom. The minimum atomic E-state index is -0.381. The zero-order valence-corrected chi connectivity index (χ0v) is 11.8. The van der Waals surface area contributed by atoms with Crippen molar-refractivity contribution >= 4 is 40.9 Å². The van der Waals surface area contributed by atoms with Gasteiger partial charge in [-0.1, -0.05) is 29.8 Å². The molecule has 0 aliphatic rings. The summed E-state index contributed by atoms with van der Waals surface area (Å²) in [6.45, 7) is 1.92. The molecular formula is C13H12ClN3OS. The minimum absolute atomic E-state index is 0.381. The van der Waals surface area contributed by atoms with E-state index in [2.05, 4.69) is 15.8 Å². The average molecular weight is 294 g/mol. The van der Waals surface area contributed by atoms with E-state index in [0.717, 1.165) is 16.1 Å². The highest BCUT2D eigenvalue weighted by Crippen LogP contribution is 2.19. The molecule has 0 fully saturated rings. The lowest BCUT2D eigenvalue weighted by Gasteiger charge is -2.06. The van der Waals surface area contributed by atoms with Gasteiger partial charge in [-0.25, -0.2) is 10.2 Å². The first kappa shape index (κ1) is 13.6. The van der Waals surface area contributed by atoms with E-state index in [1.54, 1.807) is 12.3 Å². The molecule has 6 heteroatoms. The van der Waals surface area contributed by atoms with Crippen LogP contribution >= 0.6 is 22.9 Å². The molecule has 0 atom stereocenters. The number of thiophene rings is 1. The number of amides is 2. The summed E-state index contributed by atoms with van der Waals surface area (Å²) in [6.07, 6.45) is 1.55. The molecule has 19 heavy (non-hydrogen) atoms. The number of carbonyl (C=O) groups is 1. The Morgan fingerprint density at radius 3 is 2.79 bits per heavy atom. The fraction of sp³-hybridized carbons (Fsp3) is 0.0769. The van der Waals surface area contributed by atoms with E-state index in [4.69, 9.17) is 11.6 Å². The van der Waals surface area contributed by atoms with Crippen LogP contribution in [0.4, 0.5) is 10.5 Å². The van der Waals surface area contributed by atoms with Gasteiger partial charge in [0.05, 0.1) is 10.6 Å². The van der Waals surface area contributed by atoms with Crippen molar-refractivity contribution in [1.82, 2.24) is 5.43 Å². The Morgan fingerprint density at radius 1 is 1.32 bits per heavy atom. The molecule has 0 unspecified atom stereocenters. The van der Waals surface area contributed by atoms with E-state index in [1.165, 1.54) is 11.3 Å². The normalized spacial score (nSPS) is 10.6. The summed E-state index contributed by atoms with van der Waals surface area (Å²) in [5, 5.41) is 6.56. The van der Waals surface area contributed by atoms with Gasteiger partial charge in [-0.05, 0) is 30.7 Å². The van der Waals surface area contributed by atoms with Crippen molar-refractivity contribution in [3.63, 3.8) is 0 Å². The third-order valence-corrected chi connectivity index (χ3v) is 3.51. The van der Waals surface area contributed by atoms with Gasteiger partial charge in [-0.15, -0.1) is 11.3 Å². The van der Waals surface area contributed by atoms with Crippen LogP contribution in [-0.4, -0.2) is 12.2 Å². The van der Waals surface area contributed by atoms with Crippen LogP contribution in [0.5, 0.6) is 0 Å². The molecule has 0 radical (unpaired) electrons. The summed E-state index contributed by atoms with van der Waals surface area (Å²) in [5.41, 5.74) is 4.15. The average Bonchev–Trinajstić information content (AvgIpc) is 2.78. The van der Waals surface area contributed by atoms with Crippen LogP contribution in [0, 0.1) is 6.92 Å². The second kappa shape index (κ2) is 6.36. The maximum Gasteiger partial charge on any atom is 0.339 e. The lowest BCUT2D eigenvalue weighted by molar-refractivity contribution is 0.252. The van der Waals surface area contributed by atoms with Gasteiger partial charge in [-0.3, -0.25) is 0 Å². The lowest BCUT2D eigenvalue weighted by atomic mass is 10.2. The monoisotopic (exact) mass is 293 g/mol. The standard InChI is InChI=1S/C13H12ClN3OS/c1-9-4-2-3-5-11(9)16-13(18)17-15-8-10-6-7-12(14)19-10/h2-8H,1H3,(H2,16,17,18)/b15-8+. The Labute approximate surface area is 120 Å². The first-order chi connectivity index (χ1) is 9.15. The van der Waals surface area contributed by atoms with E-state index in [1.807, 2.05) is 37.3 Å². The van der Waals surface area contributed by atoms with Crippen LogP contribution < -0.4 is 10.7 Å². The topological polar surface area (TPSA) is 53.5 Å². The van der Waals surface area contributed by atoms with Crippen molar-refractivity contribution in [2.45, 2.75) is 6.92 Å². The number of aryl methyl sites for hydroxylation is 1. The first-order valence-corrected chi connectivity index (χ1v) is 6.75. The number of benzene rings is 1. The number of halogens is 1. The van der Waals surface area contributed by atoms with E-state index < -0.39 is 0 Å². The molecule has 0 bridgehead atoms. The van der Waals surface area contributed by atoms with E-state index in [-0.39, 0.29) is 6.03 Å². The zero-order valence-electron chi connectivity index (χ0n) is 10.2. The van der Waals surface area contributed by atoms with Gasteiger partial charge in [0.15, 0.2) is 0 Å². The minimum Gasteiger partial charge on any atom is -0.306 e. The quantitative estimate of drug-likeness (QED) is 0.655. The maximum atomic E-state index is 11.6. The van der Waals surface area contributed by atoms with Crippen molar-refractivity contribution in [2.75, 3.05) is 5.32 Å². The summed E-state index contributed by atoms with van der Waals surface area (Å²) in [4.78, 5) is 12.5. The molecule has 2 rings (SSSR count). The first-order valence-electron chi connectivity index (χ1n) is 5.56. The molecule has 0 aliphatic carbocycles. The Bertz CT molecular complexity index is 609. The number of hydrogen-bond donors (Lipinski definition) is 2. The summed E-state index contributed by atoms with van der Waals surface area (Å²) in [5.74, 6) is 0. The van der Waals surface area contributed by atoms with Crippen molar-refractivity contribution in [2.24, 2.45) is 5.10 Å². The molecule has 0 saturated carbocycles. The van der Waals surface area contributed by atoms with Crippen molar-refractivity contribution in [3.8, 4) is 0 Å². The van der Waals surface area contributed by atoms with E-state index in [9.17, 15) is 4.79 Å². The van der Waals surface area contributed by atoms with Gasteiger partial charge in [-0.2, -0.15) is 5.10 Å². The fourth-order valence-corrected chi connectivity index (χ4v) is 2.35. The second-order valence-corrected chi connectivity index (χ2v) is 5.53. The van der Waals surface area contributed by atoms with Gasteiger partial charge in [0.1, 0.15) is 0 Å². The predicted octanol–water partition coefficient (Wildman–Crippen LogP) is 3.87. The second-order valence-electron chi connectivity index (χ2n) is 3.78. The number of rotatable bonds is 3. The third-order valence-electron chi connectivity index (χ3n) is 2.35. The number of urea groups is 1. The van der Waals surface area contributed by atoms with Gasteiger partial charge < -0.3 is 5.32 Å². The largest absolute Gasteiger partial charge is 0.339 e. The maximum absolute atomic E-state index is 11.6. The molecule has 0 spiro atoms. The van der Waals surface area contributed by atoms with Gasteiger partial charge in [0.25, 0.3) is 0 Å². The lowest BCUT2D eigenvalue weighted by Crippen LogP contribution is -2.24. The highest BCUT2D eigenvalue weighted by molar-refractivity contribution is 7.17. The highest BCUT2D eigenvalue weighted by atomic mass is 35.5. The molecule has 98 valence electrons. The van der Waals surface area contributed by atoms with Crippen LogP contribution in [-0.2, 0) is 0 Å². The molecule has 0 saturated heterocycles. The van der Waals surface area contributed by atoms with Crippen molar-refractivity contribution < 1.29 is 4.79 Å². The smallest absolute Gasteiger partial charge is 0.306 e. The SMILES string of the molecule is Cc1ccccc1NC(=O)N/N=C/c1ccc(Cl)s1. The summed E-state index contributed by atoms with van der Waals surface area (Å²) in [6, 6.07) is 10.8. The molecule has 1 aromatic heterocycles. The number of hydrogen-bond acceptors (Lipinski definition) is 3. The zero-order chi connectivity index (χ0) is 13.7. The molecule has 1 heterocycles. The Kier molecular flexibility index (Phi) is 4.54. The molecule has 2 N–H and O–H groups in total. The third kappa shape index (κ3) is 4.08. The molecule has 0 aliphatic heterocycles. The molecule has 1 aromatic carbocycles. The van der Waals surface area contributed by atoms with Crippen LogP contribution in [0.3, 0.4) is 0 Å². The summed E-state index contributed by atoms with van der Waals surface area (Å²) in [7, 11) is 0. The number of anilines is 1. The Balaban J connectivity index is 1.88. The molecule has 4 nitrogen and oxygen atoms in total. The summed E-state index contributed by atoms with van der Waals surface area (Å²) < 4.78 is 0.686. The van der Waals surface area contributed by atoms with Crippen LogP contribution in [0.1, 0.15) is 10.4 Å². The van der Waals surface area contributed by atoms with E-state index in [0.29, 0.717) is 4.34 Å². The number of hydrazone groups is 1. The van der Waals surface area contributed by atoms with Gasteiger partial charge in [0, 0.05) is 10.6 Å². The molecule has 2 aromatic rings. The van der Waals surface area contributed by atoms with Crippen molar-refractivity contribution in [1.29, 1.82) is 0 Å². The molecule has 2 amide bonds. The van der Waals surface area contributed by atoms with Crippen LogP contribution in [0.2, 0.25) is 4.34 Å². The Hall–Kier alpha value is -1.85. The van der Waals surface area contributed by atoms with Crippen molar-refractivity contribution in [3.05, 3.63) is 51.2 Å². The number of para-hydroxylation sites is 1. The van der Waals surface area contributed by atoms with Gasteiger partial charge >= 0.3 is 6.03 Å². The fourth-order valence-electron chi connectivity index (χ4n) is 1.42. The number of nitrogens with zero attached hydrogens (tertiary/aromatic N) is 1. The highest BCUT2D eigenvalue weighted by Gasteiger charge is 2.01. The van der Waals surface area contributed by atoms with Crippen LogP contribution in [0.25, 0.3) is 0 Å². The van der Waals surface area contributed by atoms with E-state index >= 15 is 0 Å². The van der Waals surface area contributed by atoms with Crippen LogP contribution in [0.15, 0.2) is 41.5 Å². The predicted molar refractivity (Wildman–Crippen MR) is 80.3 cm³/mol. The molecular weight excluding hydrogens is 282 g/mol. The van der Waals surface area contributed by atoms with Gasteiger partial charge in [0.2, 0.25) is 0 Å². The number of carbonyl (C=O) groups excluding carboxylic acids is 1.